The van der Waals surface area contributed by atoms with Crippen molar-refractivity contribution in [2.75, 3.05) is 12.4 Å². The van der Waals surface area contributed by atoms with Crippen LogP contribution < -0.4 is 10.1 Å². The van der Waals surface area contributed by atoms with E-state index in [9.17, 15) is 30.1 Å². The van der Waals surface area contributed by atoms with Gasteiger partial charge < -0.3 is 19.6 Å². The van der Waals surface area contributed by atoms with Crippen LogP contribution in [0.3, 0.4) is 0 Å². The SMILES string of the molecule is COc1ccc(-c2ccc(/C=C(\C#N)C(=O)Nc3ccccc3C(=O)O)o2)c([N+](=O)[O-])c1. The molecule has 3 aromatic rings. The van der Waals surface area contributed by atoms with Gasteiger partial charge in [0.2, 0.25) is 0 Å². The molecule has 0 radical (unpaired) electrons. The number of aromatic carboxylic acids is 1. The van der Waals surface area contributed by atoms with Gasteiger partial charge in [-0.05, 0) is 36.4 Å². The van der Waals surface area contributed by atoms with E-state index in [0.717, 1.165) is 6.08 Å². The molecule has 0 unspecified atom stereocenters. The molecule has 1 heterocycles. The summed E-state index contributed by atoms with van der Waals surface area (Å²) in [5, 5.41) is 32.4. The number of hydrogen-bond acceptors (Lipinski definition) is 7. The molecule has 160 valence electrons. The Morgan fingerprint density at radius 3 is 2.62 bits per heavy atom. The number of nitrogens with zero attached hydrogens (tertiary/aromatic N) is 2. The minimum atomic E-state index is -1.24. The first-order valence-electron chi connectivity index (χ1n) is 9.02. The quantitative estimate of drug-likeness (QED) is 0.244. The molecule has 10 heteroatoms. The second kappa shape index (κ2) is 9.27. The molecule has 32 heavy (non-hydrogen) atoms. The van der Waals surface area contributed by atoms with Crippen LogP contribution in [0.25, 0.3) is 17.4 Å². The number of ether oxygens (including phenoxy) is 1. The van der Waals surface area contributed by atoms with Crippen molar-refractivity contribution in [1.29, 1.82) is 5.26 Å². The number of methoxy groups -OCH3 is 1. The number of carboxylic acids is 1. The number of furan rings is 1. The van der Waals surface area contributed by atoms with Gasteiger partial charge in [0.05, 0.1) is 34.9 Å². The van der Waals surface area contributed by atoms with E-state index < -0.39 is 16.8 Å². The Kier molecular flexibility index (Phi) is 6.31. The molecule has 0 aliphatic rings. The Balaban J connectivity index is 1.90. The van der Waals surface area contributed by atoms with E-state index in [4.69, 9.17) is 9.15 Å². The summed E-state index contributed by atoms with van der Waals surface area (Å²) in [6, 6.07) is 14.6. The molecule has 3 rings (SSSR count). The molecule has 1 amide bonds. The Hall–Kier alpha value is -4.91. The number of benzene rings is 2. The number of hydrogen-bond donors (Lipinski definition) is 2. The van der Waals surface area contributed by atoms with Crippen molar-refractivity contribution in [3.8, 4) is 23.1 Å². The zero-order valence-electron chi connectivity index (χ0n) is 16.6. The van der Waals surface area contributed by atoms with E-state index in [0.29, 0.717) is 5.75 Å². The fraction of sp³-hybridized carbons (Fsp3) is 0.0455. The molecule has 0 aliphatic carbocycles. The number of nitrogens with one attached hydrogen (secondary N) is 1. The normalized spacial score (nSPS) is 10.8. The molecule has 0 saturated carbocycles. The van der Waals surface area contributed by atoms with Crippen molar-refractivity contribution < 1.29 is 28.8 Å². The molecule has 1 aromatic heterocycles. The summed E-state index contributed by atoms with van der Waals surface area (Å²) < 4.78 is 10.6. The van der Waals surface area contributed by atoms with Crippen LogP contribution in [0.5, 0.6) is 5.75 Å². The van der Waals surface area contributed by atoms with Crippen molar-refractivity contribution in [1.82, 2.24) is 0 Å². The first-order valence-corrected chi connectivity index (χ1v) is 9.02. The van der Waals surface area contributed by atoms with E-state index in [1.165, 1.54) is 55.6 Å². The number of rotatable bonds is 7. The first kappa shape index (κ1) is 21.8. The van der Waals surface area contributed by atoms with Gasteiger partial charge in [-0.3, -0.25) is 14.9 Å². The second-order valence-corrected chi connectivity index (χ2v) is 6.32. The van der Waals surface area contributed by atoms with Gasteiger partial charge in [0.25, 0.3) is 11.6 Å². The maximum Gasteiger partial charge on any atom is 0.337 e. The number of carbonyl (C=O) groups is 2. The summed E-state index contributed by atoms with van der Waals surface area (Å²) in [7, 11) is 1.39. The maximum absolute atomic E-state index is 12.5. The summed E-state index contributed by atoms with van der Waals surface area (Å²) >= 11 is 0. The summed E-state index contributed by atoms with van der Waals surface area (Å²) in [5.41, 5.74) is -0.507. The number of nitro groups is 1. The summed E-state index contributed by atoms with van der Waals surface area (Å²) in [6.07, 6.45) is 1.15. The van der Waals surface area contributed by atoms with Crippen LogP contribution in [0.4, 0.5) is 11.4 Å². The van der Waals surface area contributed by atoms with Gasteiger partial charge in [0, 0.05) is 6.08 Å². The highest BCUT2D eigenvalue weighted by molar-refractivity contribution is 6.11. The Bertz CT molecular complexity index is 1280. The van der Waals surface area contributed by atoms with Crippen LogP contribution in [0.1, 0.15) is 16.1 Å². The average molecular weight is 433 g/mol. The molecule has 0 aliphatic heterocycles. The number of nitro benzene ring substituents is 1. The van der Waals surface area contributed by atoms with E-state index >= 15 is 0 Å². The molecule has 2 N–H and O–H groups in total. The monoisotopic (exact) mass is 433 g/mol. The number of carboxylic acid groups (broad SMARTS) is 1. The number of nitriles is 1. The van der Waals surface area contributed by atoms with Gasteiger partial charge >= 0.3 is 5.97 Å². The van der Waals surface area contributed by atoms with E-state index in [1.54, 1.807) is 12.1 Å². The Morgan fingerprint density at radius 1 is 1.22 bits per heavy atom. The molecule has 0 saturated heterocycles. The highest BCUT2D eigenvalue weighted by Crippen LogP contribution is 2.34. The third-order valence-corrected chi connectivity index (χ3v) is 4.35. The third-order valence-electron chi connectivity index (χ3n) is 4.35. The van der Waals surface area contributed by atoms with Crippen LogP contribution in [0, 0.1) is 21.4 Å². The lowest BCUT2D eigenvalue weighted by molar-refractivity contribution is -0.384. The molecule has 10 nitrogen and oxygen atoms in total. The molecule has 0 fully saturated rings. The number of carbonyl (C=O) groups excluding carboxylic acids is 1. The minimum absolute atomic E-state index is 0.0279. The topological polar surface area (TPSA) is 156 Å². The van der Waals surface area contributed by atoms with Crippen LogP contribution >= 0.6 is 0 Å². The highest BCUT2D eigenvalue weighted by Gasteiger charge is 2.20. The largest absolute Gasteiger partial charge is 0.497 e. The Morgan fingerprint density at radius 2 is 1.97 bits per heavy atom. The van der Waals surface area contributed by atoms with Crippen molar-refractivity contribution in [2.24, 2.45) is 0 Å². The van der Waals surface area contributed by atoms with Crippen molar-refractivity contribution in [2.45, 2.75) is 0 Å². The summed E-state index contributed by atoms with van der Waals surface area (Å²) in [5.74, 6) is -1.52. The summed E-state index contributed by atoms with van der Waals surface area (Å²) in [4.78, 5) is 34.6. The second-order valence-electron chi connectivity index (χ2n) is 6.32. The lowest BCUT2D eigenvalue weighted by Crippen LogP contribution is -2.16. The van der Waals surface area contributed by atoms with E-state index in [-0.39, 0.29) is 39.6 Å². The lowest BCUT2D eigenvalue weighted by atomic mass is 10.1. The van der Waals surface area contributed by atoms with Crippen LogP contribution in [-0.2, 0) is 4.79 Å². The fourth-order valence-corrected chi connectivity index (χ4v) is 2.83. The van der Waals surface area contributed by atoms with Crippen molar-refractivity contribution in [3.63, 3.8) is 0 Å². The molecule has 0 bridgehead atoms. The predicted molar refractivity (Wildman–Crippen MR) is 113 cm³/mol. The maximum atomic E-state index is 12.5. The molecule has 2 aromatic carbocycles. The standard InChI is InChI=1S/C22H15N3O7/c1-31-14-6-8-17(19(11-14)25(29)30)20-9-7-15(32-20)10-13(12-23)21(26)24-18-5-3-2-4-16(18)22(27)28/h2-11H,1H3,(H,24,26)(H,27,28)/b13-10+. The van der Waals surface area contributed by atoms with E-state index in [1.807, 2.05) is 0 Å². The minimum Gasteiger partial charge on any atom is -0.497 e. The van der Waals surface area contributed by atoms with Gasteiger partial charge in [0.1, 0.15) is 28.9 Å². The van der Waals surface area contributed by atoms with Crippen molar-refractivity contribution in [3.05, 3.63) is 81.6 Å². The van der Waals surface area contributed by atoms with Gasteiger partial charge in [-0.2, -0.15) is 5.26 Å². The van der Waals surface area contributed by atoms with Crippen LogP contribution in [0.15, 0.2) is 64.6 Å². The highest BCUT2D eigenvalue weighted by atomic mass is 16.6. The van der Waals surface area contributed by atoms with Gasteiger partial charge in [0.15, 0.2) is 0 Å². The average Bonchev–Trinajstić information content (AvgIpc) is 3.25. The van der Waals surface area contributed by atoms with Gasteiger partial charge in [-0.25, -0.2) is 4.79 Å². The molecule has 0 atom stereocenters. The van der Waals surface area contributed by atoms with Gasteiger partial charge in [-0.1, -0.05) is 12.1 Å². The first-order chi connectivity index (χ1) is 15.3. The van der Waals surface area contributed by atoms with E-state index in [2.05, 4.69) is 5.32 Å². The smallest absolute Gasteiger partial charge is 0.337 e. The van der Waals surface area contributed by atoms with Crippen molar-refractivity contribution >= 4 is 29.3 Å². The fourth-order valence-electron chi connectivity index (χ4n) is 2.83. The third kappa shape index (κ3) is 4.63. The van der Waals surface area contributed by atoms with Gasteiger partial charge in [-0.15, -0.1) is 0 Å². The summed E-state index contributed by atoms with van der Waals surface area (Å²) in [6.45, 7) is 0. The van der Waals surface area contributed by atoms with Crippen LogP contribution in [-0.4, -0.2) is 29.0 Å². The number of amides is 1. The zero-order chi connectivity index (χ0) is 23.3. The number of para-hydroxylation sites is 1. The Labute approximate surface area is 181 Å². The molecule has 0 spiro atoms. The lowest BCUT2D eigenvalue weighted by Gasteiger charge is -2.07. The van der Waals surface area contributed by atoms with Crippen LogP contribution in [0.2, 0.25) is 0 Å². The molecular weight excluding hydrogens is 418 g/mol. The predicted octanol–water partition coefficient (Wildman–Crippen LogP) is 4.11. The molecular formula is C22H15N3O7. The zero-order valence-corrected chi connectivity index (χ0v) is 16.6. The number of anilines is 1.